The molecule has 2 aromatic rings. The summed E-state index contributed by atoms with van der Waals surface area (Å²) in [6.07, 6.45) is -4.08. The van der Waals surface area contributed by atoms with Crippen molar-refractivity contribution in [2.45, 2.75) is 19.5 Å². The van der Waals surface area contributed by atoms with Crippen LogP contribution in [0.25, 0.3) is 10.9 Å². The lowest BCUT2D eigenvalue weighted by Crippen LogP contribution is -2.05. The van der Waals surface area contributed by atoms with Crippen molar-refractivity contribution >= 4 is 10.9 Å². The molecule has 0 bridgehead atoms. The van der Waals surface area contributed by atoms with E-state index in [1.807, 2.05) is 0 Å². The van der Waals surface area contributed by atoms with E-state index in [0.717, 1.165) is 12.1 Å². The van der Waals surface area contributed by atoms with Crippen molar-refractivity contribution in [1.29, 1.82) is 0 Å². The molecule has 5 heteroatoms. The van der Waals surface area contributed by atoms with Crippen LogP contribution < -0.4 is 0 Å². The van der Waals surface area contributed by atoms with E-state index in [-0.39, 0.29) is 11.4 Å². The summed E-state index contributed by atoms with van der Waals surface area (Å²) in [6.45, 7) is 5.39. The Morgan fingerprint density at radius 2 is 2.00 bits per heavy atom. The number of aromatic hydroxyl groups is 1. The molecule has 1 heterocycles. The molecule has 0 fully saturated rings. The summed E-state index contributed by atoms with van der Waals surface area (Å²) in [7, 11) is 0. The van der Waals surface area contributed by atoms with Gasteiger partial charge in [-0.1, -0.05) is 6.07 Å². The monoisotopic (exact) mass is 254 g/mol. The smallest absolute Gasteiger partial charge is 0.416 e. The van der Waals surface area contributed by atoms with Gasteiger partial charge in [0, 0.05) is 10.9 Å². The molecule has 1 N–H and O–H groups in total. The summed E-state index contributed by atoms with van der Waals surface area (Å²) >= 11 is 0. The van der Waals surface area contributed by atoms with Crippen molar-refractivity contribution in [3.05, 3.63) is 41.8 Å². The number of hydrogen-bond donors (Lipinski definition) is 1. The number of alkyl halides is 3. The number of aryl methyl sites for hydroxylation is 1. The summed E-state index contributed by atoms with van der Waals surface area (Å²) in [4.78, 5) is 3.80. The maximum absolute atomic E-state index is 12.6. The summed E-state index contributed by atoms with van der Waals surface area (Å²) in [6, 6.07) is 3.33. The number of halogens is 3. The Hall–Kier alpha value is -1.78. The van der Waals surface area contributed by atoms with Crippen LogP contribution in [0.15, 0.2) is 18.2 Å². The standard InChI is InChI=1S/C13H11F3NO/c1-3-9-7(2)10-5-4-8(13(14,15)16)6-11(10)17-12(9)18/h4-6H,1,3H2,2H3,(H,17,18). The van der Waals surface area contributed by atoms with Crippen LogP contribution in [0.1, 0.15) is 16.7 Å². The third-order valence-electron chi connectivity index (χ3n) is 2.93. The maximum Gasteiger partial charge on any atom is 0.416 e. The van der Waals surface area contributed by atoms with Crippen molar-refractivity contribution in [1.82, 2.24) is 4.98 Å². The number of pyridine rings is 1. The van der Waals surface area contributed by atoms with Gasteiger partial charge in [-0.25, -0.2) is 4.98 Å². The zero-order valence-corrected chi connectivity index (χ0v) is 9.67. The topological polar surface area (TPSA) is 33.1 Å². The van der Waals surface area contributed by atoms with E-state index < -0.39 is 11.7 Å². The highest BCUT2D eigenvalue weighted by Crippen LogP contribution is 2.33. The predicted molar refractivity (Wildman–Crippen MR) is 62.2 cm³/mol. The highest BCUT2D eigenvalue weighted by atomic mass is 19.4. The summed E-state index contributed by atoms with van der Waals surface area (Å²) < 4.78 is 37.7. The van der Waals surface area contributed by atoms with Gasteiger partial charge in [-0.2, -0.15) is 13.2 Å². The summed E-state index contributed by atoms with van der Waals surface area (Å²) in [5.41, 5.74) is 0.629. The third-order valence-corrected chi connectivity index (χ3v) is 2.93. The Balaban J connectivity index is 2.74. The molecule has 2 rings (SSSR count). The minimum atomic E-state index is -4.41. The Morgan fingerprint density at radius 1 is 1.33 bits per heavy atom. The van der Waals surface area contributed by atoms with Crippen LogP contribution in [0.4, 0.5) is 13.2 Å². The highest BCUT2D eigenvalue weighted by molar-refractivity contribution is 5.84. The van der Waals surface area contributed by atoms with Gasteiger partial charge in [0.15, 0.2) is 0 Å². The van der Waals surface area contributed by atoms with Gasteiger partial charge >= 0.3 is 6.18 Å². The van der Waals surface area contributed by atoms with Crippen LogP contribution >= 0.6 is 0 Å². The normalized spacial score (nSPS) is 12.1. The average Bonchev–Trinajstić information content (AvgIpc) is 2.27. The second-order valence-corrected chi connectivity index (χ2v) is 4.02. The molecule has 0 aliphatic carbocycles. The van der Waals surface area contributed by atoms with E-state index >= 15 is 0 Å². The van der Waals surface area contributed by atoms with Gasteiger partial charge in [-0.15, -0.1) is 0 Å². The van der Waals surface area contributed by atoms with E-state index in [9.17, 15) is 18.3 Å². The zero-order chi connectivity index (χ0) is 13.5. The van der Waals surface area contributed by atoms with Gasteiger partial charge in [0.2, 0.25) is 5.88 Å². The Kier molecular flexibility index (Phi) is 2.92. The van der Waals surface area contributed by atoms with Crippen LogP contribution in [0, 0.1) is 13.8 Å². The number of fused-ring (bicyclic) bond motifs is 1. The molecule has 0 aliphatic heterocycles. The van der Waals surface area contributed by atoms with Gasteiger partial charge in [0.05, 0.1) is 11.1 Å². The molecule has 0 spiro atoms. The Labute approximate surface area is 102 Å². The molecule has 0 unspecified atom stereocenters. The van der Waals surface area contributed by atoms with Crippen LogP contribution in [0.2, 0.25) is 0 Å². The molecule has 95 valence electrons. The van der Waals surface area contributed by atoms with Gasteiger partial charge < -0.3 is 5.11 Å². The van der Waals surface area contributed by atoms with Crippen molar-refractivity contribution in [3.63, 3.8) is 0 Å². The maximum atomic E-state index is 12.6. The van der Waals surface area contributed by atoms with Crippen molar-refractivity contribution in [2.24, 2.45) is 0 Å². The SMILES string of the molecule is [CH2]Cc1c(O)nc2cc(C(F)(F)F)ccc2c1C. The lowest BCUT2D eigenvalue weighted by molar-refractivity contribution is -0.137. The zero-order valence-electron chi connectivity index (χ0n) is 9.67. The van der Waals surface area contributed by atoms with E-state index in [4.69, 9.17) is 0 Å². The molecule has 0 amide bonds. The quantitative estimate of drug-likeness (QED) is 0.842. The van der Waals surface area contributed by atoms with Crippen LogP contribution in [0.3, 0.4) is 0 Å². The molecular weight excluding hydrogens is 243 g/mol. The molecule has 1 radical (unpaired) electrons. The second kappa shape index (κ2) is 4.15. The Morgan fingerprint density at radius 3 is 2.56 bits per heavy atom. The third kappa shape index (κ3) is 2.00. The van der Waals surface area contributed by atoms with E-state index in [1.54, 1.807) is 6.92 Å². The van der Waals surface area contributed by atoms with Gasteiger partial charge in [0.25, 0.3) is 0 Å². The van der Waals surface area contributed by atoms with E-state index in [0.29, 0.717) is 22.9 Å². The van der Waals surface area contributed by atoms with Gasteiger partial charge in [-0.3, -0.25) is 0 Å². The first-order valence-electron chi connectivity index (χ1n) is 5.33. The first kappa shape index (κ1) is 12.7. The number of rotatable bonds is 1. The first-order valence-corrected chi connectivity index (χ1v) is 5.33. The number of hydrogen-bond acceptors (Lipinski definition) is 2. The van der Waals surface area contributed by atoms with Gasteiger partial charge in [-0.05, 0) is 38.0 Å². The minimum absolute atomic E-state index is 0.136. The average molecular weight is 254 g/mol. The van der Waals surface area contributed by atoms with Crippen LogP contribution in [-0.4, -0.2) is 10.1 Å². The van der Waals surface area contributed by atoms with Gasteiger partial charge in [0.1, 0.15) is 0 Å². The molecule has 2 nitrogen and oxygen atoms in total. The first-order chi connectivity index (χ1) is 8.34. The van der Waals surface area contributed by atoms with Crippen molar-refractivity contribution in [2.75, 3.05) is 0 Å². The molecule has 1 aromatic heterocycles. The molecule has 18 heavy (non-hydrogen) atoms. The Bertz CT molecular complexity index is 605. The lowest BCUT2D eigenvalue weighted by atomic mass is 10.0. The fraction of sp³-hybridized carbons (Fsp3) is 0.231. The van der Waals surface area contributed by atoms with Crippen molar-refractivity contribution < 1.29 is 18.3 Å². The summed E-state index contributed by atoms with van der Waals surface area (Å²) in [5.74, 6) is -0.255. The molecule has 0 saturated heterocycles. The molecule has 0 saturated carbocycles. The minimum Gasteiger partial charge on any atom is -0.493 e. The molecular formula is C13H11F3NO. The van der Waals surface area contributed by atoms with E-state index in [1.165, 1.54) is 6.07 Å². The fourth-order valence-electron chi connectivity index (χ4n) is 1.93. The predicted octanol–water partition coefficient (Wildman–Crippen LogP) is 3.64. The number of aromatic nitrogens is 1. The molecule has 1 aromatic carbocycles. The van der Waals surface area contributed by atoms with Crippen LogP contribution in [-0.2, 0) is 12.6 Å². The summed E-state index contributed by atoms with van der Waals surface area (Å²) in [5, 5.41) is 10.2. The largest absolute Gasteiger partial charge is 0.493 e. The fourth-order valence-corrected chi connectivity index (χ4v) is 1.93. The second-order valence-electron chi connectivity index (χ2n) is 4.02. The molecule has 0 aliphatic rings. The van der Waals surface area contributed by atoms with Crippen molar-refractivity contribution in [3.8, 4) is 5.88 Å². The van der Waals surface area contributed by atoms with Crippen LogP contribution in [0.5, 0.6) is 5.88 Å². The van der Waals surface area contributed by atoms with E-state index in [2.05, 4.69) is 11.9 Å². The highest BCUT2D eigenvalue weighted by Gasteiger charge is 2.30. The number of nitrogens with zero attached hydrogens (tertiary/aromatic N) is 1. The lowest BCUT2D eigenvalue weighted by Gasteiger charge is -2.11. The molecule has 0 atom stereocenters. The number of benzene rings is 1.